The van der Waals surface area contributed by atoms with Crippen LogP contribution in [0.2, 0.25) is 0 Å². The molecule has 2 aliphatic rings. The van der Waals surface area contributed by atoms with Gasteiger partial charge in [0.1, 0.15) is 5.75 Å². The lowest BCUT2D eigenvalue weighted by atomic mass is 9.85. The number of anilines is 2. The summed E-state index contributed by atoms with van der Waals surface area (Å²) in [5, 5.41) is 8.99. The molecular formula is C27H34N4O4. The second kappa shape index (κ2) is 10.5. The number of ether oxygens (including phenoxy) is 1. The third-order valence-corrected chi connectivity index (χ3v) is 7.00. The second-order valence-electron chi connectivity index (χ2n) is 9.70. The molecule has 0 unspecified atom stereocenters. The first-order valence-electron chi connectivity index (χ1n) is 12.2. The molecule has 8 nitrogen and oxygen atoms in total. The molecule has 0 radical (unpaired) electrons. The molecule has 35 heavy (non-hydrogen) atoms. The Morgan fingerprint density at radius 2 is 1.83 bits per heavy atom. The van der Waals surface area contributed by atoms with Crippen molar-refractivity contribution in [1.82, 2.24) is 10.2 Å². The van der Waals surface area contributed by atoms with E-state index in [9.17, 15) is 14.4 Å². The molecule has 8 heteroatoms. The van der Waals surface area contributed by atoms with Crippen molar-refractivity contribution in [2.45, 2.75) is 63.6 Å². The van der Waals surface area contributed by atoms with Crippen LogP contribution in [0.25, 0.3) is 0 Å². The summed E-state index contributed by atoms with van der Waals surface area (Å²) in [5.74, 6) is 0.577. The smallest absolute Gasteiger partial charge is 0.238 e. The molecule has 2 aromatic carbocycles. The molecule has 2 aliphatic heterocycles. The van der Waals surface area contributed by atoms with Crippen molar-refractivity contribution in [3.63, 3.8) is 0 Å². The van der Waals surface area contributed by atoms with Gasteiger partial charge < -0.3 is 20.7 Å². The van der Waals surface area contributed by atoms with Gasteiger partial charge in [-0.25, -0.2) is 0 Å². The van der Waals surface area contributed by atoms with Gasteiger partial charge >= 0.3 is 0 Å². The summed E-state index contributed by atoms with van der Waals surface area (Å²) in [5.41, 5.74) is 1.98. The average molecular weight is 479 g/mol. The van der Waals surface area contributed by atoms with Crippen molar-refractivity contribution in [1.29, 1.82) is 0 Å². The van der Waals surface area contributed by atoms with Gasteiger partial charge in [0.05, 0.1) is 19.2 Å². The average Bonchev–Trinajstić information content (AvgIpc) is 3.06. The van der Waals surface area contributed by atoms with Crippen molar-refractivity contribution in [3.05, 3.63) is 54.1 Å². The van der Waals surface area contributed by atoms with Crippen LogP contribution < -0.4 is 20.7 Å². The maximum Gasteiger partial charge on any atom is 0.238 e. The third-order valence-electron chi connectivity index (χ3n) is 7.00. The second-order valence-corrected chi connectivity index (χ2v) is 9.70. The summed E-state index contributed by atoms with van der Waals surface area (Å²) in [6, 6.07) is 15.0. The zero-order valence-corrected chi connectivity index (χ0v) is 20.6. The molecule has 3 atom stereocenters. The first-order valence-corrected chi connectivity index (χ1v) is 12.2. The topological polar surface area (TPSA) is 99.8 Å². The number of rotatable bonds is 6. The van der Waals surface area contributed by atoms with Crippen molar-refractivity contribution in [2.24, 2.45) is 0 Å². The Kier molecular flexibility index (Phi) is 7.40. The van der Waals surface area contributed by atoms with E-state index in [-0.39, 0.29) is 36.3 Å². The highest BCUT2D eigenvalue weighted by Crippen LogP contribution is 2.45. The van der Waals surface area contributed by atoms with E-state index in [0.29, 0.717) is 17.8 Å². The van der Waals surface area contributed by atoms with Crippen LogP contribution in [-0.4, -0.2) is 47.9 Å². The lowest BCUT2D eigenvalue weighted by Crippen LogP contribution is -2.56. The number of carbonyl (C=O) groups is 3. The molecule has 2 saturated heterocycles. The lowest BCUT2D eigenvalue weighted by molar-refractivity contribution is -0.124. The van der Waals surface area contributed by atoms with Gasteiger partial charge in [0.2, 0.25) is 17.7 Å². The summed E-state index contributed by atoms with van der Waals surface area (Å²) in [4.78, 5) is 39.2. The summed E-state index contributed by atoms with van der Waals surface area (Å²) in [6.07, 6.45) is 3.97. The normalized spacial score (nSPS) is 24.5. The van der Waals surface area contributed by atoms with Gasteiger partial charge in [-0.3, -0.25) is 19.3 Å². The molecule has 0 aromatic heterocycles. The monoisotopic (exact) mass is 478 g/mol. The molecule has 2 heterocycles. The van der Waals surface area contributed by atoms with Gasteiger partial charge in [0.25, 0.3) is 0 Å². The molecule has 2 aromatic rings. The number of fused-ring (bicyclic) bond motifs is 1. The maximum atomic E-state index is 13.2. The zero-order valence-electron chi connectivity index (χ0n) is 20.6. The minimum atomic E-state index is -0.425. The minimum absolute atomic E-state index is 0.0357. The molecule has 2 fully saturated rings. The standard InChI is InChI=1S/C27H34N4O4/c1-18(32)28-20-11-13-21(14-12-20)29-26(34)17-31-23(19-7-6-8-22(15-19)35-3)16-27(2)24(31)9-4-5-10-25(33)30-27/h6-8,11-15,23-24H,4-5,9-10,16-17H2,1-3H3,(H,28,32)(H,29,34)(H,30,33)/t23-,24-,27-/m0/s1. The number of hydrogen-bond donors (Lipinski definition) is 3. The molecular weight excluding hydrogens is 444 g/mol. The summed E-state index contributed by atoms with van der Waals surface area (Å²) >= 11 is 0. The fourth-order valence-corrected chi connectivity index (χ4v) is 5.45. The Labute approximate surface area is 206 Å². The number of hydrogen-bond acceptors (Lipinski definition) is 5. The number of amides is 3. The van der Waals surface area contributed by atoms with Crippen molar-refractivity contribution in [3.8, 4) is 5.75 Å². The largest absolute Gasteiger partial charge is 0.497 e. The Morgan fingerprint density at radius 3 is 2.51 bits per heavy atom. The Bertz CT molecular complexity index is 1090. The Balaban J connectivity index is 1.57. The number of carbonyl (C=O) groups excluding carboxylic acids is 3. The number of nitrogens with zero attached hydrogens (tertiary/aromatic N) is 1. The van der Waals surface area contributed by atoms with Crippen LogP contribution in [0.1, 0.15) is 57.6 Å². The summed E-state index contributed by atoms with van der Waals surface area (Å²) in [7, 11) is 1.64. The third kappa shape index (κ3) is 5.82. The highest BCUT2D eigenvalue weighted by molar-refractivity contribution is 5.93. The SMILES string of the molecule is COc1cccc([C@@H]2C[C@]3(C)NC(=O)CCCC[C@@H]3N2CC(=O)Nc2ccc(NC(C)=O)cc2)c1. The van der Waals surface area contributed by atoms with E-state index < -0.39 is 5.54 Å². The first kappa shape index (κ1) is 24.7. The molecule has 3 N–H and O–H groups in total. The lowest BCUT2D eigenvalue weighted by Gasteiger charge is -2.38. The van der Waals surface area contributed by atoms with Gasteiger partial charge in [-0.15, -0.1) is 0 Å². The van der Waals surface area contributed by atoms with Crippen LogP contribution in [0, 0.1) is 0 Å². The van der Waals surface area contributed by atoms with Crippen LogP contribution in [0.3, 0.4) is 0 Å². The van der Waals surface area contributed by atoms with E-state index in [1.54, 1.807) is 31.4 Å². The van der Waals surface area contributed by atoms with E-state index in [1.807, 2.05) is 18.2 Å². The molecule has 0 spiro atoms. The van der Waals surface area contributed by atoms with Crippen LogP contribution >= 0.6 is 0 Å². The predicted molar refractivity (Wildman–Crippen MR) is 135 cm³/mol. The van der Waals surface area contributed by atoms with E-state index in [1.165, 1.54) is 6.92 Å². The maximum absolute atomic E-state index is 13.2. The van der Waals surface area contributed by atoms with Crippen LogP contribution in [0.4, 0.5) is 11.4 Å². The number of likely N-dealkylation sites (tertiary alicyclic amines) is 1. The Morgan fingerprint density at radius 1 is 1.11 bits per heavy atom. The molecule has 0 saturated carbocycles. The molecule has 0 bridgehead atoms. The molecule has 3 amide bonds. The quantitative estimate of drug-likeness (QED) is 0.586. The van der Waals surface area contributed by atoms with Crippen LogP contribution in [0.5, 0.6) is 5.75 Å². The van der Waals surface area contributed by atoms with Gasteiger partial charge in [-0.05, 0) is 68.1 Å². The van der Waals surface area contributed by atoms with Gasteiger partial charge in [0, 0.05) is 36.8 Å². The van der Waals surface area contributed by atoms with Gasteiger partial charge in [0.15, 0.2) is 0 Å². The predicted octanol–water partition coefficient (Wildman–Crippen LogP) is 3.86. The minimum Gasteiger partial charge on any atom is -0.497 e. The van der Waals surface area contributed by atoms with Crippen LogP contribution in [-0.2, 0) is 14.4 Å². The number of nitrogens with one attached hydrogen (secondary N) is 3. The highest BCUT2D eigenvalue weighted by atomic mass is 16.5. The molecule has 4 rings (SSSR count). The van der Waals surface area contributed by atoms with E-state index in [0.717, 1.165) is 37.0 Å². The van der Waals surface area contributed by atoms with E-state index >= 15 is 0 Å². The van der Waals surface area contributed by atoms with Crippen molar-refractivity contribution < 1.29 is 19.1 Å². The fraction of sp³-hybridized carbons (Fsp3) is 0.444. The molecule has 0 aliphatic carbocycles. The van der Waals surface area contributed by atoms with E-state index in [2.05, 4.69) is 33.8 Å². The Hall–Kier alpha value is -3.39. The number of benzene rings is 2. The first-order chi connectivity index (χ1) is 16.8. The summed E-state index contributed by atoms with van der Waals surface area (Å²) < 4.78 is 5.45. The number of methoxy groups -OCH3 is 1. The van der Waals surface area contributed by atoms with E-state index in [4.69, 9.17) is 4.74 Å². The zero-order chi connectivity index (χ0) is 25.0. The summed E-state index contributed by atoms with van der Waals surface area (Å²) in [6.45, 7) is 3.76. The van der Waals surface area contributed by atoms with Gasteiger partial charge in [-0.2, -0.15) is 0 Å². The molecule has 186 valence electrons. The van der Waals surface area contributed by atoms with Gasteiger partial charge in [-0.1, -0.05) is 18.6 Å². The van der Waals surface area contributed by atoms with Crippen LogP contribution in [0.15, 0.2) is 48.5 Å². The highest BCUT2D eigenvalue weighted by Gasteiger charge is 2.51. The van der Waals surface area contributed by atoms with Crippen molar-refractivity contribution >= 4 is 29.1 Å². The fourth-order valence-electron chi connectivity index (χ4n) is 5.45. The van der Waals surface area contributed by atoms with Crippen molar-refractivity contribution in [2.75, 3.05) is 24.3 Å².